The molecule has 0 amide bonds. The summed E-state index contributed by atoms with van der Waals surface area (Å²) in [6, 6.07) is 7.75. The lowest BCUT2D eigenvalue weighted by molar-refractivity contribution is 0.834. The number of hydrogen-bond acceptors (Lipinski definition) is 2. The van der Waals surface area contributed by atoms with Crippen molar-refractivity contribution in [3.05, 3.63) is 41.0 Å². The number of aryl methyl sites for hydroxylation is 1. The number of aromatic amines is 1. The number of rotatable bonds is 4. The third-order valence-corrected chi connectivity index (χ3v) is 2.84. The van der Waals surface area contributed by atoms with Crippen molar-refractivity contribution < 1.29 is 0 Å². The molecule has 0 saturated heterocycles. The van der Waals surface area contributed by atoms with Gasteiger partial charge in [-0.2, -0.15) is 5.10 Å². The Hall–Kier alpha value is -1.32. The Morgan fingerprint density at radius 3 is 2.88 bits per heavy atom. The van der Waals surface area contributed by atoms with Gasteiger partial charge in [0, 0.05) is 10.6 Å². The number of halogens is 1. The number of hydrogen-bond donors (Lipinski definition) is 2. The van der Waals surface area contributed by atoms with E-state index in [1.54, 1.807) is 0 Å². The molecule has 16 heavy (non-hydrogen) atoms. The molecule has 0 radical (unpaired) electrons. The van der Waals surface area contributed by atoms with Gasteiger partial charge in [0.1, 0.15) is 0 Å². The van der Waals surface area contributed by atoms with Crippen molar-refractivity contribution in [3.63, 3.8) is 0 Å². The van der Waals surface area contributed by atoms with Crippen LogP contribution in [0.1, 0.15) is 12.0 Å². The predicted octanol–water partition coefficient (Wildman–Crippen LogP) is 2.62. The lowest BCUT2D eigenvalue weighted by Gasteiger charge is -2.04. The van der Waals surface area contributed by atoms with Gasteiger partial charge in [-0.25, -0.2) is 0 Å². The summed E-state index contributed by atoms with van der Waals surface area (Å²) in [7, 11) is 0. The number of benzene rings is 1. The van der Waals surface area contributed by atoms with Crippen LogP contribution in [0.25, 0.3) is 11.3 Å². The molecular weight excluding hydrogens is 222 g/mol. The zero-order valence-corrected chi connectivity index (χ0v) is 9.67. The molecular formula is C12H14ClN3. The average Bonchev–Trinajstić information content (AvgIpc) is 2.75. The molecule has 3 nitrogen and oxygen atoms in total. The SMILES string of the molecule is NCCCc1cn[nH]c1-c1ccccc1Cl. The van der Waals surface area contributed by atoms with Crippen molar-refractivity contribution >= 4 is 11.6 Å². The van der Waals surface area contributed by atoms with Gasteiger partial charge in [-0.05, 0) is 31.0 Å². The van der Waals surface area contributed by atoms with Crippen LogP contribution in [0, 0.1) is 0 Å². The molecule has 0 bridgehead atoms. The maximum Gasteiger partial charge on any atom is 0.0697 e. The van der Waals surface area contributed by atoms with Gasteiger partial charge >= 0.3 is 0 Å². The first-order valence-corrected chi connectivity index (χ1v) is 5.68. The maximum absolute atomic E-state index is 6.15. The van der Waals surface area contributed by atoms with Gasteiger partial charge in [-0.15, -0.1) is 0 Å². The summed E-state index contributed by atoms with van der Waals surface area (Å²) in [6.45, 7) is 0.688. The van der Waals surface area contributed by atoms with Gasteiger partial charge in [0.15, 0.2) is 0 Å². The number of nitrogens with two attached hydrogens (primary N) is 1. The van der Waals surface area contributed by atoms with Crippen molar-refractivity contribution in [2.24, 2.45) is 5.73 Å². The molecule has 0 fully saturated rings. The summed E-state index contributed by atoms with van der Waals surface area (Å²) >= 11 is 6.15. The fourth-order valence-electron chi connectivity index (χ4n) is 1.69. The average molecular weight is 236 g/mol. The Morgan fingerprint density at radius 2 is 2.12 bits per heavy atom. The first kappa shape index (κ1) is 11.2. The van der Waals surface area contributed by atoms with Crippen molar-refractivity contribution in [1.29, 1.82) is 0 Å². The lowest BCUT2D eigenvalue weighted by atomic mass is 10.0. The molecule has 1 aromatic heterocycles. The Morgan fingerprint density at radius 1 is 1.31 bits per heavy atom. The number of nitrogens with zero attached hydrogens (tertiary/aromatic N) is 1. The quantitative estimate of drug-likeness (QED) is 0.856. The first-order chi connectivity index (χ1) is 7.83. The predicted molar refractivity (Wildman–Crippen MR) is 66.4 cm³/mol. The first-order valence-electron chi connectivity index (χ1n) is 5.30. The molecule has 0 saturated carbocycles. The minimum Gasteiger partial charge on any atom is -0.330 e. The minimum absolute atomic E-state index is 0.688. The lowest BCUT2D eigenvalue weighted by Crippen LogP contribution is -2.00. The molecule has 1 heterocycles. The van der Waals surface area contributed by atoms with Gasteiger partial charge < -0.3 is 5.73 Å². The van der Waals surface area contributed by atoms with Gasteiger partial charge in [0.05, 0.1) is 11.9 Å². The van der Waals surface area contributed by atoms with E-state index in [0.29, 0.717) is 6.54 Å². The van der Waals surface area contributed by atoms with Crippen molar-refractivity contribution in [1.82, 2.24) is 10.2 Å². The highest BCUT2D eigenvalue weighted by molar-refractivity contribution is 6.33. The van der Waals surface area contributed by atoms with Crippen LogP contribution < -0.4 is 5.73 Å². The van der Waals surface area contributed by atoms with E-state index in [1.807, 2.05) is 30.5 Å². The molecule has 3 N–H and O–H groups in total. The van der Waals surface area contributed by atoms with Gasteiger partial charge in [-0.1, -0.05) is 29.8 Å². The van der Waals surface area contributed by atoms with Gasteiger partial charge in [0.25, 0.3) is 0 Å². The standard InChI is InChI=1S/C12H14ClN3/c13-11-6-2-1-5-10(11)12-9(4-3-7-14)8-15-16-12/h1-2,5-6,8H,3-4,7,14H2,(H,15,16). The summed E-state index contributed by atoms with van der Waals surface area (Å²) in [6.07, 6.45) is 3.72. The fourth-order valence-corrected chi connectivity index (χ4v) is 1.92. The zero-order valence-electron chi connectivity index (χ0n) is 8.91. The van der Waals surface area contributed by atoms with Crippen LogP contribution in [0.15, 0.2) is 30.5 Å². The van der Waals surface area contributed by atoms with Crippen LogP contribution in [0.4, 0.5) is 0 Å². The van der Waals surface area contributed by atoms with Crippen LogP contribution in [0.5, 0.6) is 0 Å². The Bertz CT molecular complexity index is 465. The number of nitrogens with one attached hydrogen (secondary N) is 1. The van der Waals surface area contributed by atoms with E-state index in [1.165, 1.54) is 5.56 Å². The highest BCUT2D eigenvalue weighted by atomic mass is 35.5. The van der Waals surface area contributed by atoms with E-state index < -0.39 is 0 Å². The van der Waals surface area contributed by atoms with Crippen LogP contribution in [0.2, 0.25) is 5.02 Å². The second-order valence-electron chi connectivity index (χ2n) is 3.64. The zero-order chi connectivity index (χ0) is 11.4. The summed E-state index contributed by atoms with van der Waals surface area (Å²) in [4.78, 5) is 0. The fraction of sp³-hybridized carbons (Fsp3) is 0.250. The molecule has 0 aliphatic heterocycles. The molecule has 0 atom stereocenters. The molecule has 1 aromatic carbocycles. The highest BCUT2D eigenvalue weighted by Crippen LogP contribution is 2.28. The van der Waals surface area contributed by atoms with E-state index in [-0.39, 0.29) is 0 Å². The molecule has 2 aromatic rings. The highest BCUT2D eigenvalue weighted by Gasteiger charge is 2.09. The molecule has 0 unspecified atom stereocenters. The van der Waals surface area contributed by atoms with Crippen LogP contribution in [-0.4, -0.2) is 16.7 Å². The smallest absolute Gasteiger partial charge is 0.0697 e. The normalized spacial score (nSPS) is 10.6. The van der Waals surface area contributed by atoms with Crippen LogP contribution in [0.3, 0.4) is 0 Å². The second kappa shape index (κ2) is 5.14. The van der Waals surface area contributed by atoms with Crippen LogP contribution >= 0.6 is 11.6 Å². The monoisotopic (exact) mass is 235 g/mol. The van der Waals surface area contributed by atoms with Gasteiger partial charge in [-0.3, -0.25) is 5.10 Å². The van der Waals surface area contributed by atoms with E-state index in [0.717, 1.165) is 29.1 Å². The van der Waals surface area contributed by atoms with E-state index in [9.17, 15) is 0 Å². The molecule has 4 heteroatoms. The van der Waals surface area contributed by atoms with E-state index in [4.69, 9.17) is 17.3 Å². The third-order valence-electron chi connectivity index (χ3n) is 2.51. The number of aromatic nitrogens is 2. The second-order valence-corrected chi connectivity index (χ2v) is 4.05. The topological polar surface area (TPSA) is 54.7 Å². The third kappa shape index (κ3) is 2.26. The summed E-state index contributed by atoms with van der Waals surface area (Å²) in [5.41, 5.74) is 8.67. The Kier molecular flexibility index (Phi) is 3.59. The van der Waals surface area contributed by atoms with Gasteiger partial charge in [0.2, 0.25) is 0 Å². The molecule has 0 spiro atoms. The summed E-state index contributed by atoms with van der Waals surface area (Å²) < 4.78 is 0. The number of H-pyrrole nitrogens is 1. The Labute approximate surface area is 99.6 Å². The van der Waals surface area contributed by atoms with E-state index in [2.05, 4.69) is 10.2 Å². The Balaban J connectivity index is 2.33. The van der Waals surface area contributed by atoms with Crippen molar-refractivity contribution in [3.8, 4) is 11.3 Å². The minimum atomic E-state index is 0.688. The van der Waals surface area contributed by atoms with E-state index >= 15 is 0 Å². The molecule has 0 aliphatic carbocycles. The van der Waals surface area contributed by atoms with Crippen LogP contribution in [-0.2, 0) is 6.42 Å². The van der Waals surface area contributed by atoms with Crippen molar-refractivity contribution in [2.75, 3.05) is 6.54 Å². The summed E-state index contributed by atoms with van der Waals surface area (Å²) in [5, 5.41) is 7.80. The molecule has 0 aliphatic rings. The largest absolute Gasteiger partial charge is 0.330 e. The molecule has 2 rings (SSSR count). The van der Waals surface area contributed by atoms with Crippen molar-refractivity contribution in [2.45, 2.75) is 12.8 Å². The molecule has 84 valence electrons. The summed E-state index contributed by atoms with van der Waals surface area (Å²) in [5.74, 6) is 0. The maximum atomic E-state index is 6.15.